The molecule has 0 saturated carbocycles. The molecule has 0 aliphatic heterocycles. The number of hydrogen-bond acceptors (Lipinski definition) is 5. The SMILES string of the molecule is CSCC[C@H](NC(=O)C1=C(c2ccccc2)CC(=CSc2cccnc2)C=C1)C(=O)O. The number of pyridine rings is 1. The number of aliphatic carboxylic acids is 1. The number of allylic oxidation sites excluding steroid dienone is 3. The number of carbonyl (C=O) groups excluding carboxylic acids is 1. The molecule has 31 heavy (non-hydrogen) atoms. The maximum absolute atomic E-state index is 13.0. The molecular formula is C24H24N2O3S2. The fourth-order valence-corrected chi connectivity index (χ4v) is 4.33. The van der Waals surface area contributed by atoms with Gasteiger partial charge >= 0.3 is 5.97 Å². The van der Waals surface area contributed by atoms with E-state index in [1.807, 2.05) is 61.0 Å². The third-order valence-electron chi connectivity index (χ3n) is 4.73. The van der Waals surface area contributed by atoms with Gasteiger partial charge in [-0.25, -0.2) is 4.79 Å². The molecule has 0 unspecified atom stereocenters. The zero-order valence-electron chi connectivity index (χ0n) is 17.2. The van der Waals surface area contributed by atoms with Crippen LogP contribution in [-0.2, 0) is 9.59 Å². The van der Waals surface area contributed by atoms with Crippen molar-refractivity contribution in [3.05, 3.63) is 89.1 Å². The van der Waals surface area contributed by atoms with Crippen LogP contribution >= 0.6 is 23.5 Å². The fraction of sp³-hybridized carbons (Fsp3) is 0.208. The molecule has 1 aliphatic carbocycles. The summed E-state index contributed by atoms with van der Waals surface area (Å²) in [4.78, 5) is 29.8. The molecule has 1 amide bonds. The summed E-state index contributed by atoms with van der Waals surface area (Å²) in [5, 5.41) is 14.2. The molecule has 0 saturated heterocycles. The molecule has 1 atom stereocenters. The summed E-state index contributed by atoms with van der Waals surface area (Å²) in [6.45, 7) is 0. The first-order valence-corrected chi connectivity index (χ1v) is 12.1. The first-order chi connectivity index (χ1) is 15.1. The Morgan fingerprint density at radius 1 is 1.19 bits per heavy atom. The summed E-state index contributed by atoms with van der Waals surface area (Å²) in [5.41, 5.74) is 3.41. The summed E-state index contributed by atoms with van der Waals surface area (Å²) in [5.74, 6) is -0.712. The van der Waals surface area contributed by atoms with Crippen molar-refractivity contribution in [2.24, 2.45) is 0 Å². The van der Waals surface area contributed by atoms with Crippen LogP contribution in [0.1, 0.15) is 18.4 Å². The number of carboxylic acid groups (broad SMARTS) is 1. The second kappa shape index (κ2) is 11.6. The van der Waals surface area contributed by atoms with Gasteiger partial charge in [0, 0.05) is 22.9 Å². The summed E-state index contributed by atoms with van der Waals surface area (Å²) in [7, 11) is 0. The molecule has 3 rings (SSSR count). The van der Waals surface area contributed by atoms with Crippen LogP contribution in [-0.4, -0.2) is 40.0 Å². The minimum atomic E-state index is -1.02. The maximum atomic E-state index is 13.0. The van der Waals surface area contributed by atoms with E-state index in [1.54, 1.807) is 35.8 Å². The van der Waals surface area contributed by atoms with E-state index in [4.69, 9.17) is 0 Å². The molecule has 2 aromatic rings. The number of nitrogens with zero attached hydrogens (tertiary/aromatic N) is 1. The predicted octanol–water partition coefficient (Wildman–Crippen LogP) is 4.79. The molecule has 1 aromatic heterocycles. The number of benzene rings is 1. The Morgan fingerprint density at radius 3 is 2.68 bits per heavy atom. The molecule has 1 heterocycles. The fourth-order valence-electron chi connectivity index (χ4n) is 3.13. The van der Waals surface area contributed by atoms with E-state index >= 15 is 0 Å². The number of amides is 1. The molecule has 0 bridgehead atoms. The summed E-state index contributed by atoms with van der Waals surface area (Å²) >= 11 is 3.13. The van der Waals surface area contributed by atoms with Gasteiger partial charge in [-0.2, -0.15) is 11.8 Å². The highest BCUT2D eigenvalue weighted by atomic mass is 32.2. The summed E-state index contributed by atoms with van der Waals surface area (Å²) in [6, 6.07) is 12.7. The van der Waals surface area contributed by atoms with Crippen molar-refractivity contribution in [1.82, 2.24) is 10.3 Å². The number of carbonyl (C=O) groups is 2. The van der Waals surface area contributed by atoms with Crippen molar-refractivity contribution in [1.29, 1.82) is 0 Å². The van der Waals surface area contributed by atoms with Crippen LogP contribution in [0.15, 0.2) is 88.5 Å². The lowest BCUT2D eigenvalue weighted by molar-refractivity contribution is -0.141. The molecule has 0 fully saturated rings. The first kappa shape index (κ1) is 22.9. The van der Waals surface area contributed by atoms with Crippen molar-refractivity contribution in [2.75, 3.05) is 12.0 Å². The number of hydrogen-bond donors (Lipinski definition) is 2. The van der Waals surface area contributed by atoms with Crippen molar-refractivity contribution < 1.29 is 14.7 Å². The standard InChI is InChI=1S/C24H24N2O3S2/c1-30-13-11-22(24(28)29)26-23(27)20-10-9-17(16-31-19-8-5-12-25-15-19)14-21(20)18-6-3-2-4-7-18/h2-10,12,15-16,22H,11,13-14H2,1H3,(H,26,27)(H,28,29)/t22-/m0/s1. The number of carboxylic acids is 1. The zero-order valence-corrected chi connectivity index (χ0v) is 18.8. The average molecular weight is 453 g/mol. The topological polar surface area (TPSA) is 79.3 Å². The lowest BCUT2D eigenvalue weighted by Gasteiger charge is -2.20. The molecule has 0 spiro atoms. The molecule has 0 radical (unpaired) electrons. The van der Waals surface area contributed by atoms with Gasteiger partial charge < -0.3 is 10.4 Å². The van der Waals surface area contributed by atoms with Crippen LogP contribution in [0.5, 0.6) is 0 Å². The smallest absolute Gasteiger partial charge is 0.326 e. The maximum Gasteiger partial charge on any atom is 0.326 e. The van der Waals surface area contributed by atoms with E-state index in [1.165, 1.54) is 0 Å². The molecular weight excluding hydrogens is 428 g/mol. The lowest BCUT2D eigenvalue weighted by atomic mass is 9.89. The van der Waals surface area contributed by atoms with E-state index < -0.39 is 12.0 Å². The minimum absolute atomic E-state index is 0.359. The Hall–Kier alpha value is -2.77. The third kappa shape index (κ3) is 6.60. The van der Waals surface area contributed by atoms with Crippen molar-refractivity contribution in [2.45, 2.75) is 23.8 Å². The van der Waals surface area contributed by atoms with Crippen LogP contribution in [0.4, 0.5) is 0 Å². The van der Waals surface area contributed by atoms with Gasteiger partial charge in [-0.3, -0.25) is 9.78 Å². The van der Waals surface area contributed by atoms with Gasteiger partial charge in [-0.05, 0) is 65.2 Å². The minimum Gasteiger partial charge on any atom is -0.480 e. The quantitative estimate of drug-likeness (QED) is 0.533. The van der Waals surface area contributed by atoms with Crippen molar-refractivity contribution in [3.8, 4) is 0 Å². The second-order valence-electron chi connectivity index (χ2n) is 6.91. The first-order valence-electron chi connectivity index (χ1n) is 9.83. The highest BCUT2D eigenvalue weighted by molar-refractivity contribution is 8.02. The predicted molar refractivity (Wildman–Crippen MR) is 128 cm³/mol. The second-order valence-corrected chi connectivity index (χ2v) is 8.84. The van der Waals surface area contributed by atoms with E-state index in [0.29, 0.717) is 24.2 Å². The van der Waals surface area contributed by atoms with Crippen LogP contribution in [0, 0.1) is 0 Å². The highest BCUT2D eigenvalue weighted by Crippen LogP contribution is 2.33. The Labute approximate surface area is 190 Å². The molecule has 160 valence electrons. The normalized spacial score (nSPS) is 15.7. The Balaban J connectivity index is 1.85. The summed E-state index contributed by atoms with van der Waals surface area (Å²) in [6.07, 6.45) is 10.1. The number of rotatable bonds is 9. The van der Waals surface area contributed by atoms with Crippen LogP contribution in [0.3, 0.4) is 0 Å². The van der Waals surface area contributed by atoms with Crippen molar-refractivity contribution in [3.63, 3.8) is 0 Å². The molecule has 7 heteroatoms. The van der Waals surface area contributed by atoms with E-state index in [9.17, 15) is 14.7 Å². The van der Waals surface area contributed by atoms with Crippen LogP contribution in [0.25, 0.3) is 5.57 Å². The number of nitrogens with one attached hydrogen (secondary N) is 1. The largest absolute Gasteiger partial charge is 0.480 e. The van der Waals surface area contributed by atoms with Crippen LogP contribution in [0.2, 0.25) is 0 Å². The molecule has 2 N–H and O–H groups in total. The van der Waals surface area contributed by atoms with E-state index in [2.05, 4.69) is 15.7 Å². The van der Waals surface area contributed by atoms with Gasteiger partial charge in [0.2, 0.25) is 0 Å². The Morgan fingerprint density at radius 2 is 2.00 bits per heavy atom. The van der Waals surface area contributed by atoms with Gasteiger partial charge in [0.25, 0.3) is 5.91 Å². The van der Waals surface area contributed by atoms with Gasteiger partial charge in [-0.1, -0.05) is 48.2 Å². The molecule has 1 aliphatic rings. The molecule has 5 nitrogen and oxygen atoms in total. The number of aromatic nitrogens is 1. The van der Waals surface area contributed by atoms with Gasteiger partial charge in [0.1, 0.15) is 6.04 Å². The van der Waals surface area contributed by atoms with E-state index in [-0.39, 0.29) is 5.91 Å². The zero-order chi connectivity index (χ0) is 22.1. The Bertz CT molecular complexity index is 1000. The molecule has 1 aromatic carbocycles. The monoisotopic (exact) mass is 452 g/mol. The lowest BCUT2D eigenvalue weighted by Crippen LogP contribution is -2.42. The summed E-state index contributed by atoms with van der Waals surface area (Å²) < 4.78 is 0. The Kier molecular flexibility index (Phi) is 8.55. The number of thioether (sulfide) groups is 2. The van der Waals surface area contributed by atoms with Gasteiger partial charge in [-0.15, -0.1) is 0 Å². The van der Waals surface area contributed by atoms with Gasteiger partial charge in [0.05, 0.1) is 0 Å². The van der Waals surface area contributed by atoms with Crippen LogP contribution < -0.4 is 5.32 Å². The van der Waals surface area contributed by atoms with Crippen molar-refractivity contribution >= 4 is 41.0 Å². The average Bonchev–Trinajstić information content (AvgIpc) is 2.81. The highest BCUT2D eigenvalue weighted by Gasteiger charge is 2.24. The van der Waals surface area contributed by atoms with E-state index in [0.717, 1.165) is 21.6 Å². The third-order valence-corrected chi connectivity index (χ3v) is 6.31. The van der Waals surface area contributed by atoms with Gasteiger partial charge in [0.15, 0.2) is 0 Å².